The number of aryl methyl sites for hydroxylation is 1. The van der Waals surface area contributed by atoms with Gasteiger partial charge in [0, 0.05) is 12.6 Å². The minimum Gasteiger partial charge on any atom is -0.486 e. The summed E-state index contributed by atoms with van der Waals surface area (Å²) in [6, 6.07) is 26.1. The summed E-state index contributed by atoms with van der Waals surface area (Å²) in [6.45, 7) is 3.75. The molecule has 1 aliphatic carbocycles. The number of rotatable bonds is 9. The molecule has 1 fully saturated rings. The number of benzene rings is 3. The van der Waals surface area contributed by atoms with Gasteiger partial charge >= 0.3 is 0 Å². The summed E-state index contributed by atoms with van der Waals surface area (Å²) in [6.07, 6.45) is 6.52. The number of hydrazone groups is 1. The maximum atomic E-state index is 12.5. The summed E-state index contributed by atoms with van der Waals surface area (Å²) in [5.74, 6) is 1.92. The third-order valence-electron chi connectivity index (χ3n) is 6.87. The van der Waals surface area contributed by atoms with Crippen LogP contribution in [0.25, 0.3) is 5.69 Å². The first-order valence-electron chi connectivity index (χ1n) is 13.4. The molecule has 0 atom stereocenters. The van der Waals surface area contributed by atoms with Gasteiger partial charge in [0.05, 0.1) is 5.69 Å². The quantitative estimate of drug-likeness (QED) is 0.104. The van der Waals surface area contributed by atoms with Crippen LogP contribution >= 0.6 is 11.8 Å². The van der Waals surface area contributed by atoms with Crippen molar-refractivity contribution in [3.8, 4) is 11.4 Å². The lowest BCUT2D eigenvalue weighted by molar-refractivity contribution is -0.110. The first-order valence-corrected chi connectivity index (χ1v) is 14.2. The molecule has 1 aliphatic rings. The van der Waals surface area contributed by atoms with E-state index in [1.807, 2.05) is 78.2 Å². The summed E-state index contributed by atoms with van der Waals surface area (Å²) in [5.41, 5.74) is 7.20. The molecular formula is C31H33N5O2S. The zero-order chi connectivity index (χ0) is 27.0. The molecule has 5 rings (SSSR count). The zero-order valence-electron chi connectivity index (χ0n) is 22.3. The van der Waals surface area contributed by atoms with E-state index < -0.39 is 0 Å². The molecule has 1 aromatic heterocycles. The van der Waals surface area contributed by atoms with E-state index >= 15 is 0 Å². The van der Waals surface area contributed by atoms with E-state index in [1.165, 1.54) is 56.4 Å². The number of ketones is 1. The molecule has 4 aromatic rings. The van der Waals surface area contributed by atoms with E-state index in [9.17, 15) is 4.79 Å². The number of para-hydroxylation sites is 1. The Balaban J connectivity index is 1.34. The summed E-state index contributed by atoms with van der Waals surface area (Å²) < 4.78 is 8.04. The van der Waals surface area contributed by atoms with Gasteiger partial charge in [-0.25, -0.2) is 0 Å². The lowest BCUT2D eigenvalue weighted by atomic mass is 9.84. The number of carbonyl (C=O) groups excluding carboxylic acids is 1. The first kappa shape index (κ1) is 26.7. The van der Waals surface area contributed by atoms with Crippen LogP contribution in [0.15, 0.2) is 89.1 Å². The molecule has 1 saturated carbocycles. The number of thioether (sulfide) groups is 1. The number of carbonyl (C=O) groups is 1. The van der Waals surface area contributed by atoms with Gasteiger partial charge in [-0.2, -0.15) is 5.10 Å². The summed E-state index contributed by atoms with van der Waals surface area (Å²) in [7, 11) is 0. The smallest absolute Gasteiger partial charge is 0.202 e. The van der Waals surface area contributed by atoms with Crippen LogP contribution in [0, 0.1) is 6.92 Å². The maximum Gasteiger partial charge on any atom is 0.202 e. The number of nitrogens with zero attached hydrogens (tertiary/aromatic N) is 4. The molecule has 0 amide bonds. The summed E-state index contributed by atoms with van der Waals surface area (Å²) in [5, 5.41) is 14.0. The second-order valence-corrected chi connectivity index (χ2v) is 10.8. The Morgan fingerprint density at radius 2 is 1.69 bits per heavy atom. The molecule has 8 heteroatoms. The van der Waals surface area contributed by atoms with Crippen LogP contribution in [0.1, 0.15) is 61.9 Å². The van der Waals surface area contributed by atoms with Gasteiger partial charge in [0.25, 0.3) is 0 Å². The maximum absolute atomic E-state index is 12.5. The minimum atomic E-state index is -0.168. The highest BCUT2D eigenvalue weighted by atomic mass is 32.2. The van der Waals surface area contributed by atoms with Crippen LogP contribution < -0.4 is 10.2 Å². The van der Waals surface area contributed by atoms with Gasteiger partial charge in [0.1, 0.15) is 12.4 Å². The number of ether oxygens (including phenoxy) is 1. The van der Waals surface area contributed by atoms with Gasteiger partial charge < -0.3 is 4.74 Å². The first-order chi connectivity index (χ1) is 19.1. The summed E-state index contributed by atoms with van der Waals surface area (Å²) >= 11 is 1.17. The highest BCUT2D eigenvalue weighted by Gasteiger charge is 2.20. The number of anilines is 1. The molecule has 0 saturated heterocycles. The van der Waals surface area contributed by atoms with Gasteiger partial charge in [-0.05, 0) is 79.4 Å². The molecule has 200 valence electrons. The zero-order valence-corrected chi connectivity index (χ0v) is 23.2. The van der Waals surface area contributed by atoms with E-state index in [1.54, 1.807) is 0 Å². The summed E-state index contributed by atoms with van der Waals surface area (Å²) in [4.78, 5) is 12.5. The van der Waals surface area contributed by atoms with E-state index in [0.29, 0.717) is 16.9 Å². The van der Waals surface area contributed by atoms with Crippen molar-refractivity contribution in [1.82, 2.24) is 14.8 Å². The third kappa shape index (κ3) is 6.95. The standard InChI is InChI=1S/C31H33N5O2S/c1-22-13-17-26(18-14-22)32-34-30(23(2)37)39-31-35-33-29(36(31)27-11-7-4-8-12-27)21-38-28-19-15-25(16-20-28)24-9-5-3-6-10-24/h4,7-8,11-20,24,32H,3,5-6,9-10,21H2,1-2H3/b34-30-. The van der Waals surface area contributed by atoms with Crippen LogP contribution in [-0.2, 0) is 11.4 Å². The molecule has 0 radical (unpaired) electrons. The monoisotopic (exact) mass is 539 g/mol. The van der Waals surface area contributed by atoms with Crippen LogP contribution in [0.4, 0.5) is 5.69 Å². The van der Waals surface area contributed by atoms with E-state index in [4.69, 9.17) is 4.74 Å². The number of nitrogens with one attached hydrogen (secondary N) is 1. The van der Waals surface area contributed by atoms with Gasteiger partial charge in [-0.15, -0.1) is 10.2 Å². The fourth-order valence-electron chi connectivity index (χ4n) is 4.72. The molecule has 0 spiro atoms. The Kier molecular flexibility index (Phi) is 8.73. The number of Topliss-reactive ketones (excluding diaryl/α,β-unsaturated/α-hetero) is 1. The Bertz CT molecular complexity index is 1410. The van der Waals surface area contributed by atoms with Crippen molar-refractivity contribution in [3.05, 3.63) is 95.8 Å². The molecule has 0 aliphatic heterocycles. The Labute approximate surface area is 233 Å². The largest absolute Gasteiger partial charge is 0.486 e. The molecular weight excluding hydrogens is 506 g/mol. The molecule has 3 aromatic carbocycles. The van der Waals surface area contributed by atoms with Gasteiger partial charge in [-0.3, -0.25) is 14.8 Å². The van der Waals surface area contributed by atoms with Crippen molar-refractivity contribution in [2.24, 2.45) is 5.10 Å². The molecule has 39 heavy (non-hydrogen) atoms. The average Bonchev–Trinajstić information content (AvgIpc) is 3.38. The van der Waals surface area contributed by atoms with Gasteiger partial charge in [0.2, 0.25) is 5.16 Å². The van der Waals surface area contributed by atoms with Crippen LogP contribution in [0.5, 0.6) is 5.75 Å². The lowest BCUT2D eigenvalue weighted by Crippen LogP contribution is -2.11. The number of hydrogen-bond donors (Lipinski definition) is 1. The van der Waals surface area contributed by atoms with Crippen molar-refractivity contribution in [1.29, 1.82) is 0 Å². The van der Waals surface area contributed by atoms with Crippen molar-refractivity contribution in [3.63, 3.8) is 0 Å². The third-order valence-corrected chi connectivity index (χ3v) is 7.89. The van der Waals surface area contributed by atoms with E-state index in [2.05, 4.69) is 32.9 Å². The predicted octanol–water partition coefficient (Wildman–Crippen LogP) is 7.31. The molecule has 0 unspecified atom stereocenters. The Hall–Kier alpha value is -3.91. The highest BCUT2D eigenvalue weighted by molar-refractivity contribution is 8.15. The Morgan fingerprint density at radius 1 is 0.974 bits per heavy atom. The molecule has 1 N–H and O–H groups in total. The van der Waals surface area contributed by atoms with Crippen LogP contribution in [0.3, 0.4) is 0 Å². The van der Waals surface area contributed by atoms with Crippen molar-refractivity contribution in [2.75, 3.05) is 5.43 Å². The number of aromatic nitrogens is 3. The van der Waals surface area contributed by atoms with Gasteiger partial charge in [0.15, 0.2) is 16.7 Å². The number of hydrogen-bond acceptors (Lipinski definition) is 7. The van der Waals surface area contributed by atoms with Crippen LogP contribution in [0.2, 0.25) is 0 Å². The van der Waals surface area contributed by atoms with Crippen molar-refractivity contribution >= 4 is 28.3 Å². The highest BCUT2D eigenvalue weighted by Crippen LogP contribution is 2.33. The van der Waals surface area contributed by atoms with Gasteiger partial charge in [-0.1, -0.05) is 67.3 Å². The molecule has 1 heterocycles. The minimum absolute atomic E-state index is 0.168. The average molecular weight is 540 g/mol. The molecule has 0 bridgehead atoms. The SMILES string of the molecule is CC(=O)/C(=N/Nc1ccc(C)cc1)Sc1nnc(COc2ccc(C3CCCCC3)cc2)n1-c1ccccc1. The lowest BCUT2D eigenvalue weighted by Gasteiger charge is -2.22. The second-order valence-electron chi connectivity index (χ2n) is 9.82. The second kappa shape index (κ2) is 12.8. The molecule has 7 nitrogen and oxygen atoms in total. The fourth-order valence-corrected chi connectivity index (χ4v) is 5.51. The normalized spacial score (nSPS) is 14.3. The van der Waals surface area contributed by atoms with Crippen LogP contribution in [-0.4, -0.2) is 25.6 Å². The predicted molar refractivity (Wildman–Crippen MR) is 157 cm³/mol. The topological polar surface area (TPSA) is 81.4 Å². The van der Waals surface area contributed by atoms with Crippen molar-refractivity contribution in [2.45, 2.75) is 63.6 Å². The van der Waals surface area contributed by atoms with E-state index in [-0.39, 0.29) is 17.4 Å². The van der Waals surface area contributed by atoms with Crippen molar-refractivity contribution < 1.29 is 9.53 Å². The Morgan fingerprint density at radius 3 is 2.38 bits per heavy atom. The van der Waals surface area contributed by atoms with E-state index in [0.717, 1.165) is 22.7 Å². The fraction of sp³-hybridized carbons (Fsp3) is 0.290.